The van der Waals surface area contributed by atoms with Gasteiger partial charge in [-0.25, -0.2) is 4.98 Å². The molecule has 0 radical (unpaired) electrons. The Hall–Kier alpha value is -3.40. The van der Waals surface area contributed by atoms with E-state index in [-0.39, 0.29) is 23.8 Å². The average molecular weight is 509 g/mol. The molecule has 10 nitrogen and oxygen atoms in total. The van der Waals surface area contributed by atoms with Crippen LogP contribution in [0.15, 0.2) is 24.4 Å². The molecule has 2 amide bonds. The number of aromatic nitrogens is 2. The second-order valence-corrected chi connectivity index (χ2v) is 10.2. The van der Waals surface area contributed by atoms with Crippen LogP contribution in [0.1, 0.15) is 55.8 Å². The molecule has 2 aliphatic heterocycles. The van der Waals surface area contributed by atoms with Gasteiger partial charge in [-0.15, -0.1) is 0 Å². The maximum absolute atomic E-state index is 12.9. The van der Waals surface area contributed by atoms with Crippen molar-refractivity contribution >= 4 is 35.0 Å². The first-order valence-corrected chi connectivity index (χ1v) is 13.2. The van der Waals surface area contributed by atoms with Gasteiger partial charge in [-0.3, -0.25) is 9.59 Å². The fraction of sp³-hybridized carbons (Fsp3) is 0.556. The van der Waals surface area contributed by atoms with E-state index in [2.05, 4.69) is 20.5 Å². The maximum Gasteiger partial charge on any atom is 0.251 e. The Morgan fingerprint density at radius 3 is 2.65 bits per heavy atom. The van der Waals surface area contributed by atoms with Crippen molar-refractivity contribution in [1.29, 1.82) is 0 Å². The highest BCUT2D eigenvalue weighted by Gasteiger charge is 2.35. The summed E-state index contributed by atoms with van der Waals surface area (Å²) in [5.74, 6) is 1.52. The lowest BCUT2D eigenvalue weighted by atomic mass is 10.1. The Morgan fingerprint density at radius 1 is 1.16 bits per heavy atom. The smallest absolute Gasteiger partial charge is 0.251 e. The van der Waals surface area contributed by atoms with E-state index in [1.807, 2.05) is 6.92 Å². The molecule has 3 heterocycles. The predicted octanol–water partition coefficient (Wildman–Crippen LogP) is 3.50. The third-order valence-electron chi connectivity index (χ3n) is 7.64. The molecule has 37 heavy (non-hydrogen) atoms. The van der Waals surface area contributed by atoms with Crippen molar-refractivity contribution in [2.45, 2.75) is 57.5 Å². The fourth-order valence-corrected chi connectivity index (χ4v) is 5.49. The van der Waals surface area contributed by atoms with Crippen LogP contribution in [0.4, 0.5) is 23.1 Å². The number of ether oxygens (including phenoxy) is 2. The summed E-state index contributed by atoms with van der Waals surface area (Å²) in [7, 11) is 3.36. The van der Waals surface area contributed by atoms with Crippen LogP contribution in [-0.2, 0) is 9.53 Å². The van der Waals surface area contributed by atoms with Crippen LogP contribution < -0.4 is 25.2 Å². The summed E-state index contributed by atoms with van der Waals surface area (Å²) in [6.07, 6.45) is 7.92. The number of hydrogen-bond donors (Lipinski definition) is 2. The minimum absolute atomic E-state index is 0.0716. The van der Waals surface area contributed by atoms with Gasteiger partial charge in [-0.1, -0.05) is 19.8 Å². The van der Waals surface area contributed by atoms with Crippen LogP contribution in [0, 0.1) is 5.92 Å². The number of methoxy groups -OCH3 is 1. The molecule has 2 aromatic rings. The number of hydrogen-bond acceptors (Lipinski definition) is 8. The molecule has 1 aliphatic carbocycles. The van der Waals surface area contributed by atoms with Crippen molar-refractivity contribution in [2.75, 3.05) is 49.0 Å². The van der Waals surface area contributed by atoms with E-state index in [1.54, 1.807) is 43.5 Å². The first kappa shape index (κ1) is 25.3. The van der Waals surface area contributed by atoms with Gasteiger partial charge in [0.15, 0.2) is 5.82 Å². The summed E-state index contributed by atoms with van der Waals surface area (Å²) in [4.78, 5) is 39.1. The average Bonchev–Trinajstić information content (AvgIpc) is 3.43. The number of rotatable bonds is 6. The van der Waals surface area contributed by atoms with Gasteiger partial charge in [-0.2, -0.15) is 4.98 Å². The van der Waals surface area contributed by atoms with Gasteiger partial charge in [0.05, 0.1) is 24.9 Å². The van der Waals surface area contributed by atoms with E-state index in [9.17, 15) is 9.59 Å². The van der Waals surface area contributed by atoms with Crippen molar-refractivity contribution in [1.82, 2.24) is 15.3 Å². The number of nitrogens with one attached hydrogen (secondary N) is 2. The largest absolute Gasteiger partial charge is 0.495 e. The Morgan fingerprint density at radius 2 is 1.92 bits per heavy atom. The van der Waals surface area contributed by atoms with E-state index in [1.165, 1.54) is 12.8 Å². The van der Waals surface area contributed by atoms with E-state index in [0.717, 1.165) is 37.2 Å². The van der Waals surface area contributed by atoms with E-state index >= 15 is 0 Å². The standard InChI is InChI=1S/C27H36N6O4/c1-17-16-33(20-6-4-5-7-20)24-22(32(2)26(17)35)15-28-27(31-24)30-21-9-8-18(14-23(21)36-3)25(34)29-19-10-12-37-13-11-19/h8-9,14-15,17,19-20H,4-7,10-13,16H2,1-3H3,(H,29,34)(H,28,30,31)/t17-/m1/s1. The Labute approximate surface area is 217 Å². The lowest BCUT2D eigenvalue weighted by Gasteiger charge is -2.31. The molecule has 198 valence electrons. The second-order valence-electron chi connectivity index (χ2n) is 10.2. The number of fused-ring (bicyclic) bond motifs is 1. The number of carbonyl (C=O) groups excluding carboxylic acids is 2. The zero-order chi connectivity index (χ0) is 25.9. The third-order valence-corrected chi connectivity index (χ3v) is 7.64. The Kier molecular flexibility index (Phi) is 7.45. The molecule has 1 aromatic heterocycles. The molecule has 5 rings (SSSR count). The van der Waals surface area contributed by atoms with Crippen molar-refractivity contribution in [2.24, 2.45) is 5.92 Å². The molecule has 3 aliphatic rings. The molecule has 0 bridgehead atoms. The van der Waals surface area contributed by atoms with Crippen LogP contribution >= 0.6 is 0 Å². The normalized spacial score (nSPS) is 20.9. The number of anilines is 4. The highest BCUT2D eigenvalue weighted by Crippen LogP contribution is 2.38. The van der Waals surface area contributed by atoms with Gasteiger partial charge in [0.2, 0.25) is 11.9 Å². The molecule has 2 fully saturated rings. The van der Waals surface area contributed by atoms with Crippen LogP contribution in [0.3, 0.4) is 0 Å². The monoisotopic (exact) mass is 508 g/mol. The molecule has 1 atom stereocenters. The van der Waals surface area contributed by atoms with E-state index in [4.69, 9.17) is 14.5 Å². The minimum atomic E-state index is -0.132. The maximum atomic E-state index is 12.9. The Balaban J connectivity index is 1.39. The van der Waals surface area contributed by atoms with E-state index < -0.39 is 0 Å². The molecule has 0 unspecified atom stereocenters. The quantitative estimate of drug-likeness (QED) is 0.610. The lowest BCUT2D eigenvalue weighted by molar-refractivity contribution is -0.121. The molecule has 1 saturated heterocycles. The van der Waals surface area contributed by atoms with Crippen LogP contribution in [0.5, 0.6) is 5.75 Å². The summed E-state index contributed by atoms with van der Waals surface area (Å²) in [6.45, 7) is 3.94. The van der Waals surface area contributed by atoms with Gasteiger partial charge in [0.1, 0.15) is 11.4 Å². The summed E-state index contributed by atoms with van der Waals surface area (Å²) in [6, 6.07) is 5.78. The minimum Gasteiger partial charge on any atom is -0.495 e. The molecule has 2 N–H and O–H groups in total. The number of amides is 2. The molecular formula is C27H36N6O4. The lowest BCUT2D eigenvalue weighted by Crippen LogP contribution is -2.38. The summed E-state index contributed by atoms with van der Waals surface area (Å²) >= 11 is 0. The van der Waals surface area contributed by atoms with Gasteiger partial charge in [0.25, 0.3) is 5.91 Å². The predicted molar refractivity (Wildman–Crippen MR) is 142 cm³/mol. The van der Waals surface area contributed by atoms with Crippen molar-refractivity contribution < 1.29 is 19.1 Å². The van der Waals surface area contributed by atoms with Gasteiger partial charge >= 0.3 is 0 Å². The van der Waals surface area contributed by atoms with E-state index in [0.29, 0.717) is 48.7 Å². The first-order valence-electron chi connectivity index (χ1n) is 13.2. The zero-order valence-corrected chi connectivity index (χ0v) is 21.8. The highest BCUT2D eigenvalue weighted by molar-refractivity contribution is 5.99. The van der Waals surface area contributed by atoms with Crippen LogP contribution in [0.2, 0.25) is 0 Å². The molecular weight excluding hydrogens is 472 g/mol. The second kappa shape index (κ2) is 10.9. The van der Waals surface area contributed by atoms with Crippen LogP contribution in [-0.4, -0.2) is 67.8 Å². The SMILES string of the molecule is COc1cc(C(=O)NC2CCOCC2)ccc1Nc1ncc2c(n1)N(C1CCCC1)C[C@@H](C)C(=O)N2C. The van der Waals surface area contributed by atoms with Crippen molar-refractivity contribution in [3.63, 3.8) is 0 Å². The first-order chi connectivity index (χ1) is 17.9. The summed E-state index contributed by atoms with van der Waals surface area (Å²) < 4.78 is 11.0. The Bertz CT molecular complexity index is 1150. The third kappa shape index (κ3) is 5.34. The molecule has 1 aromatic carbocycles. The van der Waals surface area contributed by atoms with Gasteiger partial charge in [-0.05, 0) is 43.9 Å². The summed E-state index contributed by atoms with van der Waals surface area (Å²) in [5, 5.41) is 6.35. The number of carbonyl (C=O) groups is 2. The fourth-order valence-electron chi connectivity index (χ4n) is 5.49. The van der Waals surface area contributed by atoms with Gasteiger partial charge in [0, 0.05) is 44.5 Å². The zero-order valence-electron chi connectivity index (χ0n) is 21.8. The topological polar surface area (TPSA) is 109 Å². The van der Waals surface area contributed by atoms with Crippen molar-refractivity contribution in [3.8, 4) is 5.75 Å². The molecule has 10 heteroatoms. The molecule has 0 spiro atoms. The van der Waals surface area contributed by atoms with Gasteiger partial charge < -0.3 is 29.9 Å². The van der Waals surface area contributed by atoms with Crippen LogP contribution in [0.25, 0.3) is 0 Å². The number of nitrogens with zero attached hydrogens (tertiary/aromatic N) is 4. The molecule has 1 saturated carbocycles. The highest BCUT2D eigenvalue weighted by atomic mass is 16.5. The van der Waals surface area contributed by atoms with Crippen molar-refractivity contribution in [3.05, 3.63) is 30.0 Å². The number of benzene rings is 1. The summed E-state index contributed by atoms with van der Waals surface area (Å²) in [5.41, 5.74) is 1.90.